The first-order chi connectivity index (χ1) is 11.1. The number of hydrogen-bond donors (Lipinski definition) is 1. The number of nitrogens with one attached hydrogen (secondary N) is 1. The van der Waals surface area contributed by atoms with Crippen LogP contribution in [0.15, 0.2) is 42.6 Å². The average molecular weight is 321 g/mol. The van der Waals surface area contributed by atoms with E-state index < -0.39 is 11.7 Å². The molecule has 1 aromatic heterocycles. The van der Waals surface area contributed by atoms with E-state index in [4.69, 9.17) is 0 Å². The van der Waals surface area contributed by atoms with Crippen LogP contribution in [0.3, 0.4) is 0 Å². The SMILES string of the molecule is FC(F)(F)c1cccnc1NCCCN1CCc2ccccc21. The summed E-state index contributed by atoms with van der Waals surface area (Å²) >= 11 is 0. The van der Waals surface area contributed by atoms with E-state index in [0.717, 1.165) is 32.0 Å². The lowest BCUT2D eigenvalue weighted by atomic mass is 10.2. The average Bonchev–Trinajstić information content (AvgIpc) is 2.94. The number of pyridine rings is 1. The van der Waals surface area contributed by atoms with Gasteiger partial charge in [0.2, 0.25) is 0 Å². The van der Waals surface area contributed by atoms with Gasteiger partial charge >= 0.3 is 6.18 Å². The molecule has 2 heterocycles. The molecule has 1 aliphatic rings. The number of aromatic nitrogens is 1. The van der Waals surface area contributed by atoms with E-state index in [0.29, 0.717) is 6.54 Å². The Hall–Kier alpha value is -2.24. The molecule has 0 saturated carbocycles. The summed E-state index contributed by atoms with van der Waals surface area (Å²) < 4.78 is 38.6. The highest BCUT2D eigenvalue weighted by atomic mass is 19.4. The topological polar surface area (TPSA) is 28.2 Å². The summed E-state index contributed by atoms with van der Waals surface area (Å²) in [5.41, 5.74) is 1.86. The largest absolute Gasteiger partial charge is 0.419 e. The molecule has 3 rings (SSSR count). The maximum Gasteiger partial charge on any atom is 0.419 e. The van der Waals surface area contributed by atoms with Crippen LogP contribution in [0.4, 0.5) is 24.7 Å². The van der Waals surface area contributed by atoms with Crippen molar-refractivity contribution in [1.29, 1.82) is 0 Å². The molecule has 0 spiro atoms. The summed E-state index contributed by atoms with van der Waals surface area (Å²) in [6, 6.07) is 10.6. The van der Waals surface area contributed by atoms with Crippen LogP contribution < -0.4 is 10.2 Å². The van der Waals surface area contributed by atoms with Gasteiger partial charge in [0.15, 0.2) is 0 Å². The fourth-order valence-corrected chi connectivity index (χ4v) is 2.89. The van der Waals surface area contributed by atoms with Gasteiger partial charge in [-0.1, -0.05) is 18.2 Å². The molecule has 1 aromatic carbocycles. The summed E-state index contributed by atoms with van der Waals surface area (Å²) in [6.45, 7) is 2.24. The van der Waals surface area contributed by atoms with Crippen molar-refractivity contribution in [3.05, 3.63) is 53.7 Å². The zero-order valence-electron chi connectivity index (χ0n) is 12.6. The Morgan fingerprint density at radius 2 is 1.96 bits per heavy atom. The summed E-state index contributed by atoms with van der Waals surface area (Å²) in [7, 11) is 0. The smallest absolute Gasteiger partial charge is 0.371 e. The van der Waals surface area contributed by atoms with Gasteiger partial charge in [-0.2, -0.15) is 13.2 Å². The standard InChI is InChI=1S/C17H18F3N3/c18-17(19,20)14-6-3-9-21-16(14)22-10-4-11-23-12-8-13-5-1-2-7-15(13)23/h1-3,5-7,9H,4,8,10-12H2,(H,21,22). The molecule has 1 N–H and O–H groups in total. The number of halogens is 3. The highest BCUT2D eigenvalue weighted by molar-refractivity contribution is 5.57. The van der Waals surface area contributed by atoms with Crippen molar-refractivity contribution in [1.82, 2.24) is 4.98 Å². The molecule has 23 heavy (non-hydrogen) atoms. The fourth-order valence-electron chi connectivity index (χ4n) is 2.89. The highest BCUT2D eigenvalue weighted by Crippen LogP contribution is 2.33. The van der Waals surface area contributed by atoms with Crippen LogP contribution in [-0.2, 0) is 12.6 Å². The minimum absolute atomic E-state index is 0.0955. The van der Waals surface area contributed by atoms with Crippen LogP contribution in [-0.4, -0.2) is 24.6 Å². The van der Waals surface area contributed by atoms with Gasteiger partial charge in [-0.05, 0) is 36.6 Å². The van der Waals surface area contributed by atoms with Gasteiger partial charge in [-0.15, -0.1) is 0 Å². The molecule has 0 atom stereocenters. The summed E-state index contributed by atoms with van der Waals surface area (Å²) in [5, 5.41) is 2.81. The Morgan fingerprint density at radius 3 is 2.78 bits per heavy atom. The van der Waals surface area contributed by atoms with Crippen LogP contribution >= 0.6 is 0 Å². The fraction of sp³-hybridized carbons (Fsp3) is 0.353. The van der Waals surface area contributed by atoms with Crippen LogP contribution in [0.5, 0.6) is 0 Å². The van der Waals surface area contributed by atoms with Crippen molar-refractivity contribution < 1.29 is 13.2 Å². The molecule has 0 bridgehead atoms. The van der Waals surface area contributed by atoms with E-state index in [-0.39, 0.29) is 5.82 Å². The van der Waals surface area contributed by atoms with Gasteiger partial charge in [0.1, 0.15) is 5.82 Å². The molecule has 0 saturated heterocycles. The Kier molecular flexibility index (Phi) is 4.41. The molecule has 0 fully saturated rings. The number of hydrogen-bond acceptors (Lipinski definition) is 3. The summed E-state index contributed by atoms with van der Waals surface area (Å²) in [4.78, 5) is 6.08. The first-order valence-corrected chi connectivity index (χ1v) is 7.64. The Labute approximate surface area is 133 Å². The summed E-state index contributed by atoms with van der Waals surface area (Å²) in [6.07, 6.45) is -1.23. The molecule has 0 radical (unpaired) electrons. The summed E-state index contributed by atoms with van der Waals surface area (Å²) in [5.74, 6) is -0.0955. The molecule has 0 unspecified atom stereocenters. The Balaban J connectivity index is 1.54. The van der Waals surface area contributed by atoms with Crippen molar-refractivity contribution in [2.45, 2.75) is 19.0 Å². The molecule has 6 heteroatoms. The first kappa shape index (κ1) is 15.6. The van der Waals surface area contributed by atoms with Crippen molar-refractivity contribution in [2.24, 2.45) is 0 Å². The minimum atomic E-state index is -4.38. The van der Waals surface area contributed by atoms with E-state index in [1.54, 1.807) is 0 Å². The van der Waals surface area contributed by atoms with Crippen LogP contribution in [0, 0.1) is 0 Å². The molecule has 3 nitrogen and oxygen atoms in total. The molecule has 2 aromatic rings. The molecule has 0 aliphatic carbocycles. The lowest BCUT2D eigenvalue weighted by molar-refractivity contribution is -0.137. The zero-order valence-corrected chi connectivity index (χ0v) is 12.6. The Morgan fingerprint density at radius 1 is 1.13 bits per heavy atom. The third kappa shape index (κ3) is 3.57. The monoisotopic (exact) mass is 321 g/mol. The molecule has 0 amide bonds. The van der Waals surface area contributed by atoms with Crippen LogP contribution in [0.1, 0.15) is 17.5 Å². The Bertz CT molecular complexity index is 670. The van der Waals surface area contributed by atoms with E-state index >= 15 is 0 Å². The number of fused-ring (bicyclic) bond motifs is 1. The van der Waals surface area contributed by atoms with Crippen molar-refractivity contribution in [2.75, 3.05) is 29.9 Å². The van der Waals surface area contributed by atoms with E-state index in [1.165, 1.54) is 23.5 Å². The maximum atomic E-state index is 12.9. The number of para-hydroxylation sites is 1. The third-order valence-electron chi connectivity index (χ3n) is 3.99. The molecule has 1 aliphatic heterocycles. The van der Waals surface area contributed by atoms with Gasteiger partial charge < -0.3 is 10.2 Å². The van der Waals surface area contributed by atoms with Crippen molar-refractivity contribution in [3.8, 4) is 0 Å². The predicted molar refractivity (Wildman–Crippen MR) is 84.7 cm³/mol. The first-order valence-electron chi connectivity index (χ1n) is 7.64. The zero-order chi connectivity index (χ0) is 16.3. The van der Waals surface area contributed by atoms with Crippen LogP contribution in [0.25, 0.3) is 0 Å². The second kappa shape index (κ2) is 6.48. The van der Waals surface area contributed by atoms with Crippen molar-refractivity contribution in [3.63, 3.8) is 0 Å². The number of rotatable bonds is 5. The maximum absolute atomic E-state index is 12.9. The third-order valence-corrected chi connectivity index (χ3v) is 3.99. The lowest BCUT2D eigenvalue weighted by Crippen LogP contribution is -2.24. The highest BCUT2D eigenvalue weighted by Gasteiger charge is 2.33. The van der Waals surface area contributed by atoms with Crippen molar-refractivity contribution >= 4 is 11.5 Å². The number of alkyl halides is 3. The predicted octanol–water partition coefficient (Wildman–Crippen LogP) is 3.97. The minimum Gasteiger partial charge on any atom is -0.371 e. The normalized spacial score (nSPS) is 14.0. The van der Waals surface area contributed by atoms with Gasteiger partial charge in [0.25, 0.3) is 0 Å². The molecule has 122 valence electrons. The van der Waals surface area contributed by atoms with E-state index in [9.17, 15) is 13.2 Å². The van der Waals surface area contributed by atoms with Gasteiger partial charge in [-0.25, -0.2) is 4.98 Å². The van der Waals surface area contributed by atoms with E-state index in [1.807, 2.05) is 12.1 Å². The van der Waals surface area contributed by atoms with Gasteiger partial charge in [-0.3, -0.25) is 0 Å². The molecular weight excluding hydrogens is 303 g/mol. The number of benzene rings is 1. The van der Waals surface area contributed by atoms with Gasteiger partial charge in [0.05, 0.1) is 5.56 Å². The molecular formula is C17H18F3N3. The van der Waals surface area contributed by atoms with E-state index in [2.05, 4.69) is 27.3 Å². The van der Waals surface area contributed by atoms with Gasteiger partial charge in [0, 0.05) is 31.5 Å². The second-order valence-electron chi connectivity index (χ2n) is 5.54. The lowest BCUT2D eigenvalue weighted by Gasteiger charge is -2.20. The van der Waals surface area contributed by atoms with Crippen LogP contribution in [0.2, 0.25) is 0 Å². The number of nitrogens with zero attached hydrogens (tertiary/aromatic N) is 2. The second-order valence-corrected chi connectivity index (χ2v) is 5.54. The quantitative estimate of drug-likeness (QED) is 0.845. The number of anilines is 2.